The highest BCUT2D eigenvalue weighted by Crippen LogP contribution is 2.14. The van der Waals surface area contributed by atoms with Gasteiger partial charge in [0.25, 0.3) is 0 Å². The van der Waals surface area contributed by atoms with Crippen molar-refractivity contribution in [3.8, 4) is 0 Å². The van der Waals surface area contributed by atoms with Crippen molar-refractivity contribution >= 4 is 11.8 Å². The van der Waals surface area contributed by atoms with Gasteiger partial charge in [0.2, 0.25) is 5.95 Å². The van der Waals surface area contributed by atoms with Gasteiger partial charge in [-0.15, -0.1) is 0 Å². The van der Waals surface area contributed by atoms with Crippen LogP contribution in [0.2, 0.25) is 0 Å². The molecular weight excluding hydrogens is 264 g/mol. The lowest BCUT2D eigenvalue weighted by atomic mass is 10.3. The fourth-order valence-corrected chi connectivity index (χ4v) is 2.27. The van der Waals surface area contributed by atoms with Gasteiger partial charge in [-0.2, -0.15) is 10.1 Å². The van der Waals surface area contributed by atoms with Crippen LogP contribution in [0, 0.1) is 20.8 Å². The zero-order valence-corrected chi connectivity index (χ0v) is 13.7. The molecule has 1 atom stereocenters. The fraction of sp³-hybridized carbons (Fsp3) is 0.533. The third-order valence-electron chi connectivity index (χ3n) is 3.28. The van der Waals surface area contributed by atoms with Gasteiger partial charge in [0.1, 0.15) is 5.82 Å². The molecule has 0 spiro atoms. The van der Waals surface area contributed by atoms with E-state index in [1.165, 1.54) is 5.69 Å². The molecule has 6 nitrogen and oxygen atoms in total. The van der Waals surface area contributed by atoms with Crippen LogP contribution in [-0.4, -0.2) is 40.4 Å². The average Bonchev–Trinajstić information content (AvgIpc) is 2.74. The normalized spacial score (nSPS) is 12.3. The molecule has 0 aliphatic carbocycles. The van der Waals surface area contributed by atoms with Crippen LogP contribution in [0.4, 0.5) is 11.8 Å². The van der Waals surface area contributed by atoms with E-state index < -0.39 is 0 Å². The SMILES string of the molecule is Cc1cc(NC[C@H](C)n2nc(C)cc2C)nc(N(C)C)n1. The van der Waals surface area contributed by atoms with Crippen LogP contribution in [0.25, 0.3) is 0 Å². The molecule has 0 amide bonds. The number of rotatable bonds is 5. The number of nitrogens with one attached hydrogen (secondary N) is 1. The van der Waals surface area contributed by atoms with Crippen molar-refractivity contribution in [1.29, 1.82) is 0 Å². The van der Waals surface area contributed by atoms with E-state index in [0.29, 0.717) is 0 Å². The molecule has 2 rings (SSSR count). The summed E-state index contributed by atoms with van der Waals surface area (Å²) in [6, 6.07) is 4.31. The Bertz CT molecular complexity index is 617. The Morgan fingerprint density at radius 1 is 1.14 bits per heavy atom. The van der Waals surface area contributed by atoms with Gasteiger partial charge < -0.3 is 10.2 Å². The van der Waals surface area contributed by atoms with Crippen molar-refractivity contribution in [1.82, 2.24) is 19.7 Å². The fourth-order valence-electron chi connectivity index (χ4n) is 2.27. The predicted molar refractivity (Wildman–Crippen MR) is 86.0 cm³/mol. The summed E-state index contributed by atoms with van der Waals surface area (Å²) in [6.07, 6.45) is 0. The van der Waals surface area contributed by atoms with Gasteiger partial charge in [-0.1, -0.05) is 0 Å². The van der Waals surface area contributed by atoms with E-state index in [1.807, 2.05) is 43.6 Å². The zero-order valence-electron chi connectivity index (χ0n) is 13.7. The third-order valence-corrected chi connectivity index (χ3v) is 3.28. The Morgan fingerprint density at radius 2 is 1.86 bits per heavy atom. The van der Waals surface area contributed by atoms with Crippen molar-refractivity contribution in [2.45, 2.75) is 33.7 Å². The van der Waals surface area contributed by atoms with Crippen LogP contribution in [-0.2, 0) is 0 Å². The summed E-state index contributed by atoms with van der Waals surface area (Å²) in [4.78, 5) is 10.8. The number of anilines is 2. The zero-order chi connectivity index (χ0) is 15.6. The third kappa shape index (κ3) is 3.71. The first-order valence-electron chi connectivity index (χ1n) is 7.16. The molecule has 1 N–H and O–H groups in total. The molecule has 0 aliphatic heterocycles. The predicted octanol–water partition coefficient (Wildman–Crippen LogP) is 2.34. The van der Waals surface area contributed by atoms with Crippen LogP contribution in [0.3, 0.4) is 0 Å². The van der Waals surface area contributed by atoms with Crippen LogP contribution in [0.15, 0.2) is 12.1 Å². The highest BCUT2D eigenvalue weighted by Gasteiger charge is 2.10. The molecule has 21 heavy (non-hydrogen) atoms. The van der Waals surface area contributed by atoms with Crippen LogP contribution >= 0.6 is 0 Å². The molecule has 0 aliphatic rings. The van der Waals surface area contributed by atoms with Gasteiger partial charge in [0.15, 0.2) is 0 Å². The summed E-state index contributed by atoms with van der Waals surface area (Å²) >= 11 is 0. The van der Waals surface area contributed by atoms with E-state index in [-0.39, 0.29) is 6.04 Å². The van der Waals surface area contributed by atoms with Crippen molar-refractivity contribution in [3.05, 3.63) is 29.2 Å². The number of hydrogen-bond acceptors (Lipinski definition) is 5. The highest BCUT2D eigenvalue weighted by molar-refractivity contribution is 5.42. The van der Waals surface area contributed by atoms with E-state index in [2.05, 4.69) is 40.3 Å². The number of hydrogen-bond donors (Lipinski definition) is 1. The molecule has 0 fully saturated rings. The molecule has 2 aromatic rings. The Hall–Kier alpha value is -2.11. The lowest BCUT2D eigenvalue weighted by Gasteiger charge is -2.17. The lowest BCUT2D eigenvalue weighted by Crippen LogP contribution is -2.20. The first-order valence-corrected chi connectivity index (χ1v) is 7.16. The van der Waals surface area contributed by atoms with Crippen molar-refractivity contribution < 1.29 is 0 Å². The molecule has 0 aromatic carbocycles. The second kappa shape index (κ2) is 6.11. The second-order valence-corrected chi connectivity index (χ2v) is 5.69. The van der Waals surface area contributed by atoms with E-state index in [4.69, 9.17) is 0 Å². The van der Waals surface area contributed by atoms with Gasteiger partial charge >= 0.3 is 0 Å². The number of aryl methyl sites for hydroxylation is 3. The molecular formula is C15H24N6. The summed E-state index contributed by atoms with van der Waals surface area (Å²) in [7, 11) is 3.88. The maximum atomic E-state index is 4.52. The largest absolute Gasteiger partial charge is 0.368 e. The topological polar surface area (TPSA) is 58.9 Å². The Kier molecular flexibility index (Phi) is 4.45. The highest BCUT2D eigenvalue weighted by atomic mass is 15.3. The molecule has 2 aromatic heterocycles. The van der Waals surface area contributed by atoms with Gasteiger partial charge in [-0.25, -0.2) is 4.98 Å². The number of nitrogens with zero attached hydrogens (tertiary/aromatic N) is 5. The van der Waals surface area contributed by atoms with Crippen LogP contribution < -0.4 is 10.2 Å². The minimum absolute atomic E-state index is 0.261. The Balaban J connectivity index is 2.07. The molecule has 0 bridgehead atoms. The summed E-state index contributed by atoms with van der Waals surface area (Å²) < 4.78 is 2.04. The van der Waals surface area contributed by atoms with Gasteiger partial charge in [-0.05, 0) is 33.8 Å². The average molecular weight is 288 g/mol. The summed E-state index contributed by atoms with van der Waals surface area (Å²) in [5, 5.41) is 7.90. The smallest absolute Gasteiger partial charge is 0.226 e. The molecule has 0 saturated carbocycles. The monoisotopic (exact) mass is 288 g/mol. The molecule has 0 saturated heterocycles. The second-order valence-electron chi connectivity index (χ2n) is 5.69. The minimum Gasteiger partial charge on any atom is -0.368 e. The number of aromatic nitrogens is 4. The van der Waals surface area contributed by atoms with E-state index in [1.54, 1.807) is 0 Å². The van der Waals surface area contributed by atoms with Gasteiger partial charge in [0, 0.05) is 38.1 Å². The van der Waals surface area contributed by atoms with Crippen molar-refractivity contribution in [2.24, 2.45) is 0 Å². The summed E-state index contributed by atoms with van der Waals surface area (Å²) in [5.41, 5.74) is 3.18. The Morgan fingerprint density at radius 3 is 2.43 bits per heavy atom. The van der Waals surface area contributed by atoms with Crippen LogP contribution in [0.1, 0.15) is 30.0 Å². The lowest BCUT2D eigenvalue weighted by molar-refractivity contribution is 0.497. The first kappa shape index (κ1) is 15.3. The van der Waals surface area contributed by atoms with Gasteiger partial charge in [0.05, 0.1) is 11.7 Å². The maximum absolute atomic E-state index is 4.52. The molecule has 2 heterocycles. The van der Waals surface area contributed by atoms with E-state index in [9.17, 15) is 0 Å². The molecule has 0 radical (unpaired) electrons. The first-order chi connectivity index (χ1) is 9.86. The molecule has 6 heteroatoms. The van der Waals surface area contributed by atoms with Crippen molar-refractivity contribution in [3.63, 3.8) is 0 Å². The summed E-state index contributed by atoms with van der Waals surface area (Å²) in [6.45, 7) is 8.99. The minimum atomic E-state index is 0.261. The van der Waals surface area contributed by atoms with Crippen molar-refractivity contribution in [2.75, 3.05) is 30.9 Å². The van der Waals surface area contributed by atoms with E-state index in [0.717, 1.165) is 29.7 Å². The van der Waals surface area contributed by atoms with Crippen LogP contribution in [0.5, 0.6) is 0 Å². The maximum Gasteiger partial charge on any atom is 0.226 e. The standard InChI is InChI=1S/C15H24N6/c1-10-8-14(18-15(17-10)20(5)6)16-9-13(4)21-12(3)7-11(2)19-21/h7-8,13H,9H2,1-6H3,(H,16,17,18)/t13-/m0/s1. The Labute approximate surface area is 126 Å². The van der Waals surface area contributed by atoms with Gasteiger partial charge in [-0.3, -0.25) is 4.68 Å². The molecule has 0 unspecified atom stereocenters. The summed E-state index contributed by atoms with van der Waals surface area (Å²) in [5.74, 6) is 1.57. The quantitative estimate of drug-likeness (QED) is 0.915. The van der Waals surface area contributed by atoms with E-state index >= 15 is 0 Å². The molecule has 114 valence electrons.